The van der Waals surface area contributed by atoms with Crippen LogP contribution < -0.4 is 0 Å². The van der Waals surface area contributed by atoms with E-state index < -0.39 is 0 Å². The van der Waals surface area contributed by atoms with E-state index in [4.69, 9.17) is 4.74 Å². The molecule has 1 atom stereocenters. The predicted octanol–water partition coefficient (Wildman–Crippen LogP) is 2.77. The van der Waals surface area contributed by atoms with Crippen molar-refractivity contribution in [2.75, 3.05) is 6.61 Å². The molecule has 0 radical (unpaired) electrons. The molecule has 0 aromatic carbocycles. The first-order valence-corrected chi connectivity index (χ1v) is 5.98. The Balaban J connectivity index is 2.00. The summed E-state index contributed by atoms with van der Waals surface area (Å²) in [6.07, 6.45) is 7.54. The summed E-state index contributed by atoms with van der Waals surface area (Å²) in [6, 6.07) is 0. The molecule has 0 spiro atoms. The lowest BCUT2D eigenvalue weighted by atomic mass is 9.80. The highest BCUT2D eigenvalue weighted by molar-refractivity contribution is 5.72. The highest BCUT2D eigenvalue weighted by Crippen LogP contribution is 2.42. The summed E-state index contributed by atoms with van der Waals surface area (Å²) in [7, 11) is 0. The first kappa shape index (κ1) is 10.0. The van der Waals surface area contributed by atoms with Gasteiger partial charge in [0.2, 0.25) is 0 Å². The van der Waals surface area contributed by atoms with Crippen molar-refractivity contribution in [2.24, 2.45) is 17.8 Å². The second-order valence-corrected chi connectivity index (χ2v) is 4.72. The number of carbonyl (C=O) groups is 1. The number of esters is 1. The molecule has 3 saturated carbocycles. The average molecular weight is 196 g/mol. The zero-order chi connectivity index (χ0) is 9.97. The van der Waals surface area contributed by atoms with E-state index in [1.165, 1.54) is 32.1 Å². The molecule has 3 aliphatic carbocycles. The standard InChI is InChI=1S/C12H20O2/c1-2-14-12(13)11-8-5-9-3-6-10(11)7-4-9/h9-11H,2-8H2,1H3/t9?,10?,11-/m1/s1. The molecule has 2 heteroatoms. The van der Waals surface area contributed by atoms with Gasteiger partial charge in [0.15, 0.2) is 0 Å². The highest BCUT2D eigenvalue weighted by atomic mass is 16.5. The molecule has 0 amide bonds. The molecule has 0 aromatic rings. The molecule has 0 aromatic heterocycles. The summed E-state index contributed by atoms with van der Waals surface area (Å²) in [5, 5.41) is 0. The topological polar surface area (TPSA) is 26.3 Å². The molecule has 2 bridgehead atoms. The van der Waals surface area contributed by atoms with Gasteiger partial charge in [-0.25, -0.2) is 0 Å². The van der Waals surface area contributed by atoms with Gasteiger partial charge in [-0.05, 0) is 44.4 Å². The third kappa shape index (κ3) is 1.94. The maximum atomic E-state index is 11.7. The number of hydrogen-bond donors (Lipinski definition) is 0. The molecule has 0 heterocycles. The molecule has 14 heavy (non-hydrogen) atoms. The maximum Gasteiger partial charge on any atom is 0.309 e. The summed E-state index contributed by atoms with van der Waals surface area (Å²) in [5.41, 5.74) is 0. The van der Waals surface area contributed by atoms with E-state index in [-0.39, 0.29) is 11.9 Å². The van der Waals surface area contributed by atoms with Crippen LogP contribution in [0.15, 0.2) is 0 Å². The van der Waals surface area contributed by atoms with E-state index in [0.717, 1.165) is 12.3 Å². The van der Waals surface area contributed by atoms with Crippen LogP contribution in [0.25, 0.3) is 0 Å². The average Bonchev–Trinajstić information content (AvgIpc) is 2.51. The lowest BCUT2D eigenvalue weighted by Gasteiger charge is -2.26. The molecule has 0 aliphatic heterocycles. The molecular formula is C12H20O2. The van der Waals surface area contributed by atoms with Gasteiger partial charge in [-0.15, -0.1) is 0 Å². The minimum Gasteiger partial charge on any atom is -0.466 e. The SMILES string of the molecule is CCOC(=O)[C@@H]1CCC2CCC1CC2. The van der Waals surface area contributed by atoms with Crippen LogP contribution in [0.2, 0.25) is 0 Å². The zero-order valence-corrected chi connectivity index (χ0v) is 9.00. The van der Waals surface area contributed by atoms with Crippen molar-refractivity contribution in [3.63, 3.8) is 0 Å². The van der Waals surface area contributed by atoms with Crippen LogP contribution in [-0.2, 0) is 9.53 Å². The molecule has 0 N–H and O–H groups in total. The fourth-order valence-corrected chi connectivity index (χ4v) is 3.09. The van der Waals surface area contributed by atoms with Crippen molar-refractivity contribution in [1.29, 1.82) is 0 Å². The van der Waals surface area contributed by atoms with Crippen LogP contribution in [-0.4, -0.2) is 12.6 Å². The van der Waals surface area contributed by atoms with Gasteiger partial charge in [0.05, 0.1) is 12.5 Å². The third-order valence-corrected chi connectivity index (χ3v) is 3.94. The Kier molecular flexibility index (Phi) is 3.09. The van der Waals surface area contributed by atoms with Crippen molar-refractivity contribution < 1.29 is 9.53 Å². The van der Waals surface area contributed by atoms with Crippen LogP contribution in [0.1, 0.15) is 45.4 Å². The lowest BCUT2D eigenvalue weighted by molar-refractivity contribution is -0.150. The lowest BCUT2D eigenvalue weighted by Crippen LogP contribution is -2.25. The molecule has 0 saturated heterocycles. The van der Waals surface area contributed by atoms with E-state index in [9.17, 15) is 4.79 Å². The van der Waals surface area contributed by atoms with Gasteiger partial charge in [-0.1, -0.05) is 12.8 Å². The Hall–Kier alpha value is -0.530. The van der Waals surface area contributed by atoms with Gasteiger partial charge in [0.1, 0.15) is 0 Å². The summed E-state index contributed by atoms with van der Waals surface area (Å²) >= 11 is 0. The van der Waals surface area contributed by atoms with Gasteiger partial charge in [0.25, 0.3) is 0 Å². The van der Waals surface area contributed by atoms with E-state index in [1.807, 2.05) is 6.92 Å². The fourth-order valence-electron chi connectivity index (χ4n) is 3.09. The number of fused-ring (bicyclic) bond motifs is 4. The van der Waals surface area contributed by atoms with Crippen molar-refractivity contribution in [3.05, 3.63) is 0 Å². The molecule has 3 fully saturated rings. The van der Waals surface area contributed by atoms with Crippen LogP contribution in [0.3, 0.4) is 0 Å². The molecule has 3 rings (SSSR count). The summed E-state index contributed by atoms with van der Waals surface area (Å²) in [4.78, 5) is 11.7. The molecule has 2 nitrogen and oxygen atoms in total. The van der Waals surface area contributed by atoms with Crippen molar-refractivity contribution in [2.45, 2.75) is 45.4 Å². The second-order valence-electron chi connectivity index (χ2n) is 4.72. The number of rotatable bonds is 2. The normalized spacial score (nSPS) is 36.5. The zero-order valence-electron chi connectivity index (χ0n) is 9.00. The summed E-state index contributed by atoms with van der Waals surface area (Å²) in [5.74, 6) is 1.83. The van der Waals surface area contributed by atoms with Crippen LogP contribution in [0.5, 0.6) is 0 Å². The molecular weight excluding hydrogens is 176 g/mol. The molecule has 0 unspecified atom stereocenters. The van der Waals surface area contributed by atoms with Crippen molar-refractivity contribution in [3.8, 4) is 0 Å². The first-order valence-electron chi connectivity index (χ1n) is 5.98. The van der Waals surface area contributed by atoms with Gasteiger partial charge in [0, 0.05) is 0 Å². The first-order chi connectivity index (χ1) is 6.81. The maximum absolute atomic E-state index is 11.7. The van der Waals surface area contributed by atoms with Crippen molar-refractivity contribution in [1.82, 2.24) is 0 Å². The summed E-state index contributed by atoms with van der Waals surface area (Å²) in [6.45, 7) is 2.43. The highest BCUT2D eigenvalue weighted by Gasteiger charge is 2.36. The quantitative estimate of drug-likeness (QED) is 0.635. The summed E-state index contributed by atoms with van der Waals surface area (Å²) < 4.78 is 5.15. The van der Waals surface area contributed by atoms with E-state index in [0.29, 0.717) is 12.5 Å². The van der Waals surface area contributed by atoms with Gasteiger partial charge < -0.3 is 4.74 Å². The largest absolute Gasteiger partial charge is 0.466 e. The van der Waals surface area contributed by atoms with Crippen LogP contribution in [0.4, 0.5) is 0 Å². The second kappa shape index (κ2) is 4.33. The van der Waals surface area contributed by atoms with Crippen molar-refractivity contribution >= 4 is 5.97 Å². The number of ether oxygens (including phenoxy) is 1. The van der Waals surface area contributed by atoms with Gasteiger partial charge in [-0.2, -0.15) is 0 Å². The Morgan fingerprint density at radius 2 is 1.79 bits per heavy atom. The predicted molar refractivity (Wildman–Crippen MR) is 54.8 cm³/mol. The monoisotopic (exact) mass is 196 g/mol. The Morgan fingerprint density at radius 1 is 1.14 bits per heavy atom. The number of carbonyl (C=O) groups excluding carboxylic acids is 1. The minimum absolute atomic E-state index is 0.0695. The van der Waals surface area contributed by atoms with Gasteiger partial charge in [-0.3, -0.25) is 4.79 Å². The molecule has 80 valence electrons. The Morgan fingerprint density at radius 3 is 2.43 bits per heavy atom. The smallest absolute Gasteiger partial charge is 0.309 e. The van der Waals surface area contributed by atoms with Gasteiger partial charge >= 0.3 is 5.97 Å². The third-order valence-electron chi connectivity index (χ3n) is 3.94. The van der Waals surface area contributed by atoms with Crippen LogP contribution >= 0.6 is 0 Å². The van der Waals surface area contributed by atoms with E-state index >= 15 is 0 Å². The number of hydrogen-bond acceptors (Lipinski definition) is 2. The van der Waals surface area contributed by atoms with E-state index in [1.54, 1.807) is 0 Å². The molecule has 3 aliphatic rings. The Bertz CT molecular complexity index is 204. The van der Waals surface area contributed by atoms with Crippen LogP contribution in [0, 0.1) is 17.8 Å². The van der Waals surface area contributed by atoms with E-state index in [2.05, 4.69) is 0 Å². The Labute approximate surface area is 86.0 Å². The minimum atomic E-state index is 0.0695. The fraction of sp³-hybridized carbons (Fsp3) is 0.917.